The minimum atomic E-state index is -3.81. The number of hydrogen-bond donors (Lipinski definition) is 2. The van der Waals surface area contributed by atoms with Crippen molar-refractivity contribution in [1.29, 1.82) is 0 Å². The SMILES string of the molecule is COC(=O)[C@@H](CO)N=C(NS(=O)(=O)c1ccc(C)cc1)C1CCCC1. The minimum absolute atomic E-state index is 0.0843. The molecule has 1 aromatic carbocycles. The quantitative estimate of drug-likeness (QED) is 0.448. The van der Waals surface area contributed by atoms with Gasteiger partial charge in [0.15, 0.2) is 6.04 Å². The highest BCUT2D eigenvalue weighted by atomic mass is 32.2. The first-order valence-corrected chi connectivity index (χ1v) is 9.71. The van der Waals surface area contributed by atoms with Crippen LogP contribution in [0.4, 0.5) is 0 Å². The van der Waals surface area contributed by atoms with Crippen LogP contribution in [0, 0.1) is 12.8 Å². The number of sulfonamides is 1. The fourth-order valence-corrected chi connectivity index (χ4v) is 3.91. The number of aliphatic hydroxyl groups excluding tert-OH is 1. The summed E-state index contributed by atoms with van der Waals surface area (Å²) in [5, 5.41) is 9.38. The standard InChI is InChI=1S/C17H24N2O5S/c1-12-7-9-14(10-8-12)25(22,23)19-16(13-5-3-4-6-13)18-15(11-20)17(21)24-2/h7-10,13,15,20H,3-6,11H2,1-2H3,(H,18,19)/t15-/m1/s1. The largest absolute Gasteiger partial charge is 0.467 e. The second kappa shape index (κ2) is 8.44. The molecular formula is C17H24N2O5S. The first-order chi connectivity index (χ1) is 11.9. The lowest BCUT2D eigenvalue weighted by molar-refractivity contribution is -0.142. The van der Waals surface area contributed by atoms with E-state index in [1.54, 1.807) is 12.1 Å². The van der Waals surface area contributed by atoms with Gasteiger partial charge in [0.05, 0.1) is 18.6 Å². The van der Waals surface area contributed by atoms with E-state index < -0.39 is 28.6 Å². The minimum Gasteiger partial charge on any atom is -0.467 e. The number of carbonyl (C=O) groups excluding carboxylic acids is 1. The Labute approximate surface area is 148 Å². The maximum atomic E-state index is 12.6. The van der Waals surface area contributed by atoms with Gasteiger partial charge in [-0.25, -0.2) is 13.2 Å². The molecule has 1 atom stereocenters. The molecule has 138 valence electrons. The van der Waals surface area contributed by atoms with Gasteiger partial charge < -0.3 is 9.84 Å². The van der Waals surface area contributed by atoms with Gasteiger partial charge in [0, 0.05) is 5.92 Å². The van der Waals surface area contributed by atoms with Crippen LogP contribution in [0.3, 0.4) is 0 Å². The number of methoxy groups -OCH3 is 1. The summed E-state index contributed by atoms with van der Waals surface area (Å²) in [4.78, 5) is 16.0. The van der Waals surface area contributed by atoms with Crippen molar-refractivity contribution < 1.29 is 23.1 Å². The fraction of sp³-hybridized carbons (Fsp3) is 0.529. The van der Waals surface area contributed by atoms with Crippen LogP contribution in [-0.2, 0) is 19.6 Å². The summed E-state index contributed by atoms with van der Waals surface area (Å²) in [6, 6.07) is 5.33. The Kier molecular flexibility index (Phi) is 6.55. The number of ether oxygens (including phenoxy) is 1. The fourth-order valence-electron chi connectivity index (χ4n) is 2.80. The monoisotopic (exact) mass is 368 g/mol. The van der Waals surface area contributed by atoms with Gasteiger partial charge in [-0.2, -0.15) is 0 Å². The molecule has 0 unspecified atom stereocenters. The Morgan fingerprint density at radius 2 is 1.92 bits per heavy atom. The summed E-state index contributed by atoms with van der Waals surface area (Å²) >= 11 is 0. The molecule has 1 aromatic rings. The van der Waals surface area contributed by atoms with E-state index in [1.165, 1.54) is 19.2 Å². The highest BCUT2D eigenvalue weighted by Gasteiger charge is 2.28. The lowest BCUT2D eigenvalue weighted by Gasteiger charge is -2.18. The Balaban J connectivity index is 2.32. The third-order valence-electron chi connectivity index (χ3n) is 4.25. The molecule has 1 aliphatic carbocycles. The van der Waals surface area contributed by atoms with Gasteiger partial charge >= 0.3 is 5.97 Å². The third-order valence-corrected chi connectivity index (χ3v) is 5.62. The van der Waals surface area contributed by atoms with E-state index in [4.69, 9.17) is 0 Å². The van der Waals surface area contributed by atoms with E-state index in [0.717, 1.165) is 31.2 Å². The number of nitrogens with zero attached hydrogens (tertiary/aromatic N) is 1. The Hall–Kier alpha value is -1.93. The molecule has 0 spiro atoms. The summed E-state index contributed by atoms with van der Waals surface area (Å²) < 4.78 is 32.4. The molecule has 1 fully saturated rings. The van der Waals surface area contributed by atoms with Crippen molar-refractivity contribution in [3.05, 3.63) is 29.8 Å². The van der Waals surface area contributed by atoms with E-state index in [0.29, 0.717) is 0 Å². The van der Waals surface area contributed by atoms with E-state index in [9.17, 15) is 18.3 Å². The average Bonchev–Trinajstić information content (AvgIpc) is 3.12. The van der Waals surface area contributed by atoms with Crippen molar-refractivity contribution in [2.24, 2.45) is 10.9 Å². The summed E-state index contributed by atoms with van der Waals surface area (Å²) in [5.41, 5.74) is 0.953. The van der Waals surface area contributed by atoms with Crippen molar-refractivity contribution >= 4 is 21.8 Å². The van der Waals surface area contributed by atoms with Gasteiger partial charge in [-0.1, -0.05) is 30.5 Å². The highest BCUT2D eigenvalue weighted by Crippen LogP contribution is 2.26. The van der Waals surface area contributed by atoms with Gasteiger partial charge in [0.25, 0.3) is 10.0 Å². The number of aliphatic imine (C=N–C) groups is 1. The van der Waals surface area contributed by atoms with Crippen molar-refractivity contribution in [3.8, 4) is 0 Å². The van der Waals surface area contributed by atoms with Gasteiger partial charge in [0.1, 0.15) is 5.84 Å². The lowest BCUT2D eigenvalue weighted by Crippen LogP contribution is -2.38. The zero-order chi connectivity index (χ0) is 18.4. The van der Waals surface area contributed by atoms with Gasteiger partial charge in [-0.05, 0) is 31.9 Å². The van der Waals surface area contributed by atoms with E-state index in [1.807, 2.05) is 6.92 Å². The molecule has 0 amide bonds. The predicted molar refractivity (Wildman–Crippen MR) is 93.8 cm³/mol. The molecule has 0 radical (unpaired) electrons. The second-order valence-electron chi connectivity index (χ2n) is 6.14. The molecule has 7 nitrogen and oxygen atoms in total. The van der Waals surface area contributed by atoms with Gasteiger partial charge in [-0.3, -0.25) is 9.71 Å². The summed E-state index contributed by atoms with van der Waals surface area (Å²) in [6.45, 7) is 1.33. The summed E-state index contributed by atoms with van der Waals surface area (Å²) in [5.74, 6) is -0.575. The average molecular weight is 368 g/mol. The normalized spacial score (nSPS) is 17.3. The zero-order valence-corrected chi connectivity index (χ0v) is 15.3. The number of esters is 1. The van der Waals surface area contributed by atoms with Crippen LogP contribution in [0.25, 0.3) is 0 Å². The van der Waals surface area contributed by atoms with Crippen LogP contribution in [0.5, 0.6) is 0 Å². The van der Waals surface area contributed by atoms with Gasteiger partial charge in [0.2, 0.25) is 0 Å². The number of benzene rings is 1. The number of rotatable bonds is 6. The molecule has 0 heterocycles. The first-order valence-electron chi connectivity index (χ1n) is 8.23. The summed E-state index contributed by atoms with van der Waals surface area (Å²) in [7, 11) is -2.61. The van der Waals surface area contributed by atoms with E-state index in [-0.39, 0.29) is 16.6 Å². The number of amidine groups is 1. The Morgan fingerprint density at radius 1 is 1.32 bits per heavy atom. The van der Waals surface area contributed by atoms with Crippen LogP contribution < -0.4 is 4.72 Å². The van der Waals surface area contributed by atoms with Crippen LogP contribution in [-0.4, -0.2) is 45.1 Å². The van der Waals surface area contributed by atoms with Crippen molar-refractivity contribution in [3.63, 3.8) is 0 Å². The van der Waals surface area contributed by atoms with Crippen LogP contribution in [0.1, 0.15) is 31.2 Å². The predicted octanol–water partition coefficient (Wildman–Crippen LogP) is 1.40. The molecule has 0 bridgehead atoms. The topological polar surface area (TPSA) is 105 Å². The molecule has 0 aromatic heterocycles. The maximum absolute atomic E-state index is 12.6. The van der Waals surface area contributed by atoms with Crippen molar-refractivity contribution in [2.75, 3.05) is 13.7 Å². The summed E-state index contributed by atoms with van der Waals surface area (Å²) in [6.07, 6.45) is 3.51. The Bertz CT molecular complexity index is 722. The van der Waals surface area contributed by atoms with Crippen molar-refractivity contribution in [2.45, 2.75) is 43.5 Å². The number of nitrogens with one attached hydrogen (secondary N) is 1. The van der Waals surface area contributed by atoms with Crippen LogP contribution in [0.2, 0.25) is 0 Å². The number of hydrogen-bond acceptors (Lipinski definition) is 6. The molecule has 2 rings (SSSR count). The molecule has 1 aliphatic rings. The molecule has 25 heavy (non-hydrogen) atoms. The molecule has 1 saturated carbocycles. The molecular weight excluding hydrogens is 344 g/mol. The van der Waals surface area contributed by atoms with Crippen molar-refractivity contribution in [1.82, 2.24) is 4.72 Å². The maximum Gasteiger partial charge on any atom is 0.333 e. The highest BCUT2D eigenvalue weighted by molar-refractivity contribution is 7.90. The van der Waals surface area contributed by atoms with E-state index in [2.05, 4.69) is 14.5 Å². The third kappa shape index (κ3) is 5.02. The molecule has 8 heteroatoms. The number of carbonyl (C=O) groups is 1. The van der Waals surface area contributed by atoms with Crippen LogP contribution in [0.15, 0.2) is 34.2 Å². The number of aliphatic hydroxyl groups is 1. The van der Waals surface area contributed by atoms with Gasteiger partial charge in [-0.15, -0.1) is 0 Å². The number of aryl methyl sites for hydroxylation is 1. The zero-order valence-electron chi connectivity index (χ0n) is 14.4. The smallest absolute Gasteiger partial charge is 0.333 e. The van der Waals surface area contributed by atoms with E-state index >= 15 is 0 Å². The molecule has 0 aliphatic heterocycles. The Morgan fingerprint density at radius 3 is 2.44 bits per heavy atom. The first kappa shape index (κ1) is 19.4. The lowest BCUT2D eigenvalue weighted by atomic mass is 10.1. The molecule has 0 saturated heterocycles. The second-order valence-corrected chi connectivity index (χ2v) is 7.82. The molecule has 2 N–H and O–H groups in total. The van der Waals surface area contributed by atoms with Crippen LogP contribution >= 0.6 is 0 Å².